The monoisotopic (exact) mass is 735 g/mol. The maximum Gasteiger partial charge on any atom is 0.198 e. The minimum Gasteiger partial charge on any atom is -0.378 e. The average Bonchev–Trinajstić information content (AvgIpc) is 4.02. The first kappa shape index (κ1) is 33.0. The molecule has 3 saturated carbocycles. The van der Waals surface area contributed by atoms with E-state index in [1.54, 1.807) is 0 Å². The standard InChI is InChI=1S/C42H48N3O3P3/c1-37(25-13-14-26-37)40-46-43-34(31-19-7-4-8-20-31)49(40)42(39(3)29-17-18-30-39)48-45-36(33-23-11-6-12-24-33)51(42)41(38(2)27-15-16-28-38)47-44-35(50(40)41)32-21-9-5-10-22-32/h4-12,19-24H,13-18,25-30H2,1-3H3. The quantitative estimate of drug-likeness (QED) is 0.237. The van der Waals surface area contributed by atoms with Gasteiger partial charge in [-0.2, -0.15) is 0 Å². The maximum atomic E-state index is 7.64. The molecule has 3 aliphatic carbocycles. The summed E-state index contributed by atoms with van der Waals surface area (Å²) < 4.78 is 0. The van der Waals surface area contributed by atoms with Gasteiger partial charge in [-0.3, -0.25) is 0 Å². The number of hydrogen-bond donors (Lipinski definition) is 0. The summed E-state index contributed by atoms with van der Waals surface area (Å²) in [5.74, 6) is 0. The third-order valence-electron chi connectivity index (χ3n) is 13.8. The summed E-state index contributed by atoms with van der Waals surface area (Å²) in [5, 5.41) is 14.3. The number of nitrogens with zero attached hydrogens (tertiary/aromatic N) is 3. The van der Waals surface area contributed by atoms with Gasteiger partial charge in [0.1, 0.15) is 16.4 Å². The van der Waals surface area contributed by atoms with Crippen molar-refractivity contribution < 1.29 is 14.5 Å². The van der Waals surface area contributed by atoms with E-state index in [0.717, 1.165) is 71.6 Å². The third kappa shape index (κ3) is 4.14. The lowest BCUT2D eigenvalue weighted by Gasteiger charge is -2.67. The molecule has 1 saturated heterocycles. The fourth-order valence-electron chi connectivity index (χ4n) is 11.2. The first-order chi connectivity index (χ1) is 24.8. The molecule has 7 aliphatic rings. The Kier molecular flexibility index (Phi) is 7.55. The minimum absolute atomic E-state index is 0.143. The van der Waals surface area contributed by atoms with Gasteiger partial charge in [-0.15, -0.1) is 0 Å². The van der Waals surface area contributed by atoms with Gasteiger partial charge in [-0.05, 0) is 38.5 Å². The van der Waals surface area contributed by atoms with Crippen molar-refractivity contribution in [1.82, 2.24) is 0 Å². The molecule has 51 heavy (non-hydrogen) atoms. The van der Waals surface area contributed by atoms with Crippen molar-refractivity contribution in [3.05, 3.63) is 108 Å². The molecule has 0 radical (unpaired) electrons. The van der Waals surface area contributed by atoms with E-state index in [1.807, 2.05) is 0 Å². The van der Waals surface area contributed by atoms with E-state index in [-0.39, 0.29) is 16.2 Å². The zero-order valence-corrected chi connectivity index (χ0v) is 32.7. The van der Waals surface area contributed by atoms with Gasteiger partial charge in [0.15, 0.2) is 15.2 Å². The first-order valence-electron chi connectivity index (χ1n) is 19.2. The summed E-state index contributed by atoms with van der Waals surface area (Å²) in [4.78, 5) is 22.9. The summed E-state index contributed by atoms with van der Waals surface area (Å²) in [5.41, 5.74) is 6.37. The number of oxime groups is 3. The predicted octanol–water partition coefficient (Wildman–Crippen LogP) is 12.3. The van der Waals surface area contributed by atoms with Gasteiger partial charge in [0.05, 0.1) is 23.8 Å². The van der Waals surface area contributed by atoms with Crippen LogP contribution < -0.4 is 0 Å². The van der Waals surface area contributed by atoms with Crippen molar-refractivity contribution >= 4 is 40.1 Å². The smallest absolute Gasteiger partial charge is 0.198 e. The molecule has 4 fully saturated rings. The molecule has 0 spiro atoms. The van der Waals surface area contributed by atoms with Crippen molar-refractivity contribution in [2.45, 2.75) is 113 Å². The number of hydrogen-bond acceptors (Lipinski definition) is 6. The molecule has 4 aliphatic heterocycles. The summed E-state index contributed by atoms with van der Waals surface area (Å²) >= 11 is 0. The molecule has 0 unspecified atom stereocenters. The van der Waals surface area contributed by atoms with E-state index >= 15 is 0 Å². The van der Waals surface area contributed by atoms with Crippen molar-refractivity contribution in [2.75, 3.05) is 0 Å². The molecule has 0 bridgehead atoms. The van der Waals surface area contributed by atoms with Crippen LogP contribution in [0.5, 0.6) is 0 Å². The van der Waals surface area contributed by atoms with Crippen molar-refractivity contribution in [2.24, 2.45) is 31.7 Å². The Morgan fingerprint density at radius 2 is 0.627 bits per heavy atom. The topological polar surface area (TPSA) is 64.8 Å². The molecule has 0 amide bonds. The van der Waals surface area contributed by atoms with Gasteiger partial charge in [0.25, 0.3) is 0 Å². The Morgan fingerprint density at radius 1 is 0.392 bits per heavy atom. The van der Waals surface area contributed by atoms with Gasteiger partial charge < -0.3 is 14.5 Å². The fraction of sp³-hybridized carbons (Fsp3) is 0.500. The van der Waals surface area contributed by atoms with Crippen LogP contribution in [-0.4, -0.2) is 31.6 Å². The highest BCUT2D eigenvalue weighted by Crippen LogP contribution is 3.04. The highest BCUT2D eigenvalue weighted by atomic mass is 31.2. The SMILES string of the molecule is CC1(C23ON=C(c4ccccc4)P2C2(C4(C)CCCC4)ON=C(c4ccccc4)P2C2(C4(C)CCCC4)ON=C(c4ccccc4)P32)CCCC1. The van der Waals surface area contributed by atoms with Crippen LogP contribution in [0.25, 0.3) is 0 Å². The molecule has 264 valence electrons. The highest BCUT2D eigenvalue weighted by Gasteiger charge is 2.91. The second-order valence-corrected chi connectivity index (χ2v) is 24.9. The molecule has 10 rings (SSSR count). The number of rotatable bonds is 6. The summed E-state index contributed by atoms with van der Waals surface area (Å²) in [6, 6.07) is 32.8. The summed E-state index contributed by atoms with van der Waals surface area (Å²) in [7, 11) is -3.70. The third-order valence-corrected chi connectivity index (χ3v) is 27.1. The van der Waals surface area contributed by atoms with Crippen LogP contribution in [0.3, 0.4) is 0 Å². The van der Waals surface area contributed by atoms with Crippen LogP contribution in [0.15, 0.2) is 106 Å². The second-order valence-electron chi connectivity index (χ2n) is 16.8. The maximum absolute atomic E-state index is 7.64. The van der Waals surface area contributed by atoms with Crippen molar-refractivity contribution in [3.63, 3.8) is 0 Å². The molecular formula is C42H48N3O3P3. The normalized spacial score (nSPS) is 36.5. The Bertz CT molecular complexity index is 1680. The average molecular weight is 736 g/mol. The lowest BCUT2D eigenvalue weighted by Crippen LogP contribution is -2.63. The lowest BCUT2D eigenvalue weighted by atomic mass is 9.88. The van der Waals surface area contributed by atoms with Crippen LogP contribution in [0.1, 0.15) is 115 Å². The highest BCUT2D eigenvalue weighted by molar-refractivity contribution is 8.09. The molecule has 0 aromatic heterocycles. The molecule has 0 N–H and O–H groups in total. The molecule has 3 aromatic carbocycles. The van der Waals surface area contributed by atoms with E-state index < -0.39 is 39.0 Å². The Balaban J connectivity index is 1.36. The van der Waals surface area contributed by atoms with E-state index in [0.29, 0.717) is 0 Å². The van der Waals surface area contributed by atoms with Crippen LogP contribution in [0.4, 0.5) is 0 Å². The molecule has 0 atom stereocenters. The lowest BCUT2D eigenvalue weighted by molar-refractivity contribution is -0.0463. The van der Waals surface area contributed by atoms with E-state index in [2.05, 4.69) is 112 Å². The molecule has 4 heterocycles. The Morgan fingerprint density at radius 3 is 0.863 bits per heavy atom. The molecule has 9 heteroatoms. The van der Waals surface area contributed by atoms with Crippen LogP contribution >= 0.6 is 23.8 Å². The van der Waals surface area contributed by atoms with Gasteiger partial charge in [0, 0.05) is 32.9 Å². The Hall–Kier alpha value is -2.64. The van der Waals surface area contributed by atoms with Gasteiger partial charge in [0.2, 0.25) is 0 Å². The number of benzene rings is 3. The molecule has 6 nitrogen and oxygen atoms in total. The zero-order chi connectivity index (χ0) is 34.5. The minimum atomic E-state index is -1.23. The van der Waals surface area contributed by atoms with Crippen molar-refractivity contribution in [1.29, 1.82) is 0 Å². The van der Waals surface area contributed by atoms with Crippen LogP contribution in [0, 0.1) is 16.2 Å². The summed E-state index contributed by atoms with van der Waals surface area (Å²) in [6.45, 7) is 7.65. The number of fused-ring (bicyclic) bond motifs is 6. The van der Waals surface area contributed by atoms with E-state index in [9.17, 15) is 0 Å². The van der Waals surface area contributed by atoms with Crippen LogP contribution in [0.2, 0.25) is 0 Å². The largest absolute Gasteiger partial charge is 0.378 e. The van der Waals surface area contributed by atoms with Crippen molar-refractivity contribution in [3.8, 4) is 0 Å². The van der Waals surface area contributed by atoms with Gasteiger partial charge >= 0.3 is 0 Å². The van der Waals surface area contributed by atoms with E-state index in [1.165, 1.54) is 38.5 Å². The van der Waals surface area contributed by atoms with Gasteiger partial charge in [-0.1, -0.05) is 166 Å². The van der Waals surface area contributed by atoms with Crippen LogP contribution in [-0.2, 0) is 14.5 Å². The Labute approximate surface area is 306 Å². The second kappa shape index (κ2) is 11.7. The zero-order valence-electron chi connectivity index (χ0n) is 30.1. The fourth-order valence-corrected chi connectivity index (χ4v) is 28.4. The predicted molar refractivity (Wildman–Crippen MR) is 211 cm³/mol. The first-order valence-corrected chi connectivity index (χ1v) is 23.2. The van der Waals surface area contributed by atoms with Gasteiger partial charge in [-0.25, -0.2) is 0 Å². The summed E-state index contributed by atoms with van der Waals surface area (Å²) in [6.07, 6.45) is 13.8. The molecule has 3 aromatic rings. The van der Waals surface area contributed by atoms with E-state index in [4.69, 9.17) is 30.0 Å². The molecular weight excluding hydrogens is 687 g/mol.